The lowest BCUT2D eigenvalue weighted by atomic mass is 9.77. The number of allylic oxidation sites excluding steroid dienone is 1. The molecular weight excluding hydrogens is 258 g/mol. The summed E-state index contributed by atoms with van der Waals surface area (Å²) in [5, 5.41) is 21.6. The molecule has 0 amide bonds. The van der Waals surface area contributed by atoms with Gasteiger partial charge in [0.25, 0.3) is 5.69 Å². The Hall–Kier alpha value is -1.72. The third kappa shape index (κ3) is 1.45. The first kappa shape index (κ1) is 12.1. The van der Waals surface area contributed by atoms with Crippen LogP contribution in [0.5, 0.6) is 0 Å². The van der Waals surface area contributed by atoms with E-state index in [9.17, 15) is 15.2 Å². The number of rotatable bonds is 2. The topological polar surface area (TPSA) is 72.6 Å². The van der Waals surface area contributed by atoms with Gasteiger partial charge in [-0.1, -0.05) is 30.4 Å². The molecule has 4 rings (SSSR count). The van der Waals surface area contributed by atoms with Crippen molar-refractivity contribution < 1.29 is 14.8 Å². The molecule has 104 valence electrons. The maximum atomic E-state index is 11.2. The van der Waals surface area contributed by atoms with E-state index in [1.807, 2.05) is 18.2 Å². The summed E-state index contributed by atoms with van der Waals surface area (Å²) in [4.78, 5) is 10.8. The Morgan fingerprint density at radius 3 is 2.80 bits per heavy atom. The summed E-state index contributed by atoms with van der Waals surface area (Å²) in [7, 11) is 0. The highest BCUT2D eigenvalue weighted by Crippen LogP contribution is 2.55. The first-order valence-electron chi connectivity index (χ1n) is 6.90. The molecule has 5 heteroatoms. The summed E-state index contributed by atoms with van der Waals surface area (Å²) in [6.45, 7) is 0.691. The maximum Gasteiger partial charge on any atom is 0.273 e. The largest absolute Gasteiger partial charge is 0.392 e. The van der Waals surface area contributed by atoms with Crippen LogP contribution < -0.4 is 0 Å². The Morgan fingerprint density at radius 1 is 1.30 bits per heavy atom. The van der Waals surface area contributed by atoms with Crippen molar-refractivity contribution in [2.45, 2.75) is 18.1 Å². The molecule has 5 nitrogen and oxygen atoms in total. The van der Waals surface area contributed by atoms with Gasteiger partial charge < -0.3 is 9.84 Å². The van der Waals surface area contributed by atoms with Gasteiger partial charge in [-0.05, 0) is 0 Å². The highest BCUT2D eigenvalue weighted by Gasteiger charge is 2.59. The predicted molar refractivity (Wildman–Crippen MR) is 71.2 cm³/mol. The van der Waals surface area contributed by atoms with Crippen molar-refractivity contribution in [1.29, 1.82) is 0 Å². The lowest BCUT2D eigenvalue weighted by Gasteiger charge is -2.36. The maximum absolute atomic E-state index is 11.2. The third-order valence-corrected chi connectivity index (χ3v) is 5.01. The average molecular weight is 273 g/mol. The van der Waals surface area contributed by atoms with Crippen molar-refractivity contribution in [3.63, 3.8) is 0 Å². The van der Waals surface area contributed by atoms with Crippen molar-refractivity contribution in [1.82, 2.24) is 0 Å². The minimum atomic E-state index is -0.456. The fraction of sp³-hybridized carbons (Fsp3) is 0.467. The second-order valence-corrected chi connectivity index (χ2v) is 5.83. The molecule has 2 bridgehead atoms. The second-order valence-electron chi connectivity index (χ2n) is 5.83. The van der Waals surface area contributed by atoms with Crippen molar-refractivity contribution in [2.75, 3.05) is 6.61 Å². The molecule has 1 aliphatic heterocycles. The molecule has 6 atom stereocenters. The van der Waals surface area contributed by atoms with Gasteiger partial charge in [-0.25, -0.2) is 0 Å². The molecule has 1 saturated heterocycles. The number of nitro groups is 1. The van der Waals surface area contributed by atoms with Gasteiger partial charge in [0.1, 0.15) is 0 Å². The summed E-state index contributed by atoms with van der Waals surface area (Å²) in [6.07, 6.45) is 3.62. The number of para-hydroxylation sites is 1. The summed E-state index contributed by atoms with van der Waals surface area (Å²) >= 11 is 0. The van der Waals surface area contributed by atoms with Gasteiger partial charge in [-0.3, -0.25) is 10.1 Å². The molecule has 20 heavy (non-hydrogen) atoms. The van der Waals surface area contributed by atoms with Crippen LogP contribution in [0, 0.1) is 27.9 Å². The molecular formula is C15H15NO4. The quantitative estimate of drug-likeness (QED) is 0.507. The lowest BCUT2D eigenvalue weighted by Crippen LogP contribution is -2.42. The highest BCUT2D eigenvalue weighted by atomic mass is 16.6. The zero-order chi connectivity index (χ0) is 13.9. The van der Waals surface area contributed by atoms with Crippen molar-refractivity contribution in [2.24, 2.45) is 17.8 Å². The van der Waals surface area contributed by atoms with Gasteiger partial charge in [0.05, 0.1) is 23.7 Å². The Kier molecular flexibility index (Phi) is 2.49. The standard InChI is InChI=1S/C15H15NO4/c17-14-10-6-5-9(13(14)15-11(10)7-20-15)8-3-1-2-4-12(8)16(18)19/h1-6,9-11,13-15,17H,7H2/t9-,10+,11-,13+,14+,15-/m0/s1. The smallest absolute Gasteiger partial charge is 0.273 e. The summed E-state index contributed by atoms with van der Waals surface area (Å²) in [5.74, 6) is 0.319. The number of hydrogen-bond donors (Lipinski definition) is 1. The first-order valence-corrected chi connectivity index (χ1v) is 6.90. The molecule has 1 saturated carbocycles. The van der Waals surface area contributed by atoms with E-state index in [2.05, 4.69) is 0 Å². The zero-order valence-electron chi connectivity index (χ0n) is 10.8. The summed E-state index contributed by atoms with van der Waals surface area (Å²) in [5.41, 5.74) is 0.794. The van der Waals surface area contributed by atoms with E-state index < -0.39 is 6.10 Å². The minimum Gasteiger partial charge on any atom is -0.392 e. The third-order valence-electron chi connectivity index (χ3n) is 5.01. The number of nitro benzene ring substituents is 1. The minimum absolute atomic E-state index is 0.0369. The number of aliphatic hydroxyl groups is 1. The van der Waals surface area contributed by atoms with Crippen LogP contribution in [-0.2, 0) is 4.74 Å². The Balaban J connectivity index is 1.78. The summed E-state index contributed by atoms with van der Waals surface area (Å²) < 4.78 is 5.62. The van der Waals surface area contributed by atoms with Gasteiger partial charge in [0, 0.05) is 35.3 Å². The van der Waals surface area contributed by atoms with Crippen LogP contribution in [0.15, 0.2) is 36.4 Å². The molecule has 1 aromatic rings. The van der Waals surface area contributed by atoms with E-state index in [4.69, 9.17) is 4.74 Å². The molecule has 2 fully saturated rings. The molecule has 3 aliphatic rings. The molecule has 1 heterocycles. The molecule has 2 aliphatic carbocycles. The van der Waals surface area contributed by atoms with Gasteiger partial charge in [0.2, 0.25) is 0 Å². The van der Waals surface area contributed by atoms with E-state index in [1.165, 1.54) is 6.07 Å². The monoisotopic (exact) mass is 273 g/mol. The number of aliphatic hydroxyl groups excluding tert-OH is 1. The van der Waals surface area contributed by atoms with E-state index in [-0.39, 0.29) is 34.5 Å². The van der Waals surface area contributed by atoms with Crippen LogP contribution in [0.25, 0.3) is 0 Å². The van der Waals surface area contributed by atoms with E-state index >= 15 is 0 Å². The van der Waals surface area contributed by atoms with Crippen molar-refractivity contribution in [3.8, 4) is 0 Å². The Labute approximate surface area is 116 Å². The van der Waals surface area contributed by atoms with Gasteiger partial charge in [-0.15, -0.1) is 0 Å². The highest BCUT2D eigenvalue weighted by molar-refractivity contribution is 5.46. The number of hydrogen-bond acceptors (Lipinski definition) is 4. The Bertz CT molecular complexity index is 599. The van der Waals surface area contributed by atoms with E-state index in [0.717, 1.165) is 0 Å². The number of nitrogens with zero attached hydrogens (tertiary/aromatic N) is 1. The molecule has 1 N–H and O–H groups in total. The lowest BCUT2D eigenvalue weighted by molar-refractivity contribution is -0.385. The van der Waals surface area contributed by atoms with Crippen LogP contribution >= 0.6 is 0 Å². The van der Waals surface area contributed by atoms with Crippen LogP contribution in [-0.4, -0.2) is 28.8 Å². The molecule has 0 spiro atoms. The summed E-state index contributed by atoms with van der Waals surface area (Å²) in [6, 6.07) is 6.79. The van der Waals surface area contributed by atoms with Crippen LogP contribution in [0.3, 0.4) is 0 Å². The normalized spacial score (nSPS) is 41.0. The zero-order valence-corrected chi connectivity index (χ0v) is 10.8. The van der Waals surface area contributed by atoms with Crippen LogP contribution in [0.2, 0.25) is 0 Å². The predicted octanol–water partition coefficient (Wildman–Crippen LogP) is 1.87. The van der Waals surface area contributed by atoms with Gasteiger partial charge in [0.15, 0.2) is 0 Å². The van der Waals surface area contributed by atoms with Crippen molar-refractivity contribution >= 4 is 5.69 Å². The average Bonchev–Trinajstić information content (AvgIpc) is 2.53. The first-order chi connectivity index (χ1) is 9.68. The Morgan fingerprint density at radius 2 is 2.10 bits per heavy atom. The number of ether oxygens (including phenoxy) is 1. The van der Waals surface area contributed by atoms with Crippen LogP contribution in [0.4, 0.5) is 5.69 Å². The van der Waals surface area contributed by atoms with Crippen molar-refractivity contribution in [3.05, 3.63) is 52.1 Å². The molecule has 0 aromatic heterocycles. The SMILES string of the molecule is O=[N+]([O-])c1ccccc1[C@@H]1C=C[C@H]2[C@@H](O)[C@@H]1[C@H]1OC[C@@H]21. The van der Waals surface area contributed by atoms with Gasteiger partial charge >= 0.3 is 0 Å². The second kappa shape index (κ2) is 4.14. The fourth-order valence-electron chi connectivity index (χ4n) is 4.05. The van der Waals surface area contributed by atoms with E-state index in [1.54, 1.807) is 12.1 Å². The number of fused-ring (bicyclic) bond motifs is 5. The molecule has 0 unspecified atom stereocenters. The van der Waals surface area contributed by atoms with Gasteiger partial charge in [-0.2, -0.15) is 0 Å². The van der Waals surface area contributed by atoms with E-state index in [0.29, 0.717) is 18.1 Å². The fourth-order valence-corrected chi connectivity index (χ4v) is 4.05. The van der Waals surface area contributed by atoms with Crippen LogP contribution in [0.1, 0.15) is 11.5 Å². The molecule has 1 aromatic carbocycles. The number of benzene rings is 1. The molecule has 0 radical (unpaired) electrons.